The van der Waals surface area contributed by atoms with Crippen LogP contribution in [0.25, 0.3) is 11.1 Å². The Morgan fingerprint density at radius 1 is 0.826 bits per heavy atom. The molecule has 0 amide bonds. The lowest BCUT2D eigenvalue weighted by Gasteiger charge is -2.15. The van der Waals surface area contributed by atoms with Crippen LogP contribution in [0.5, 0.6) is 0 Å². The Hall–Kier alpha value is -2.08. The highest BCUT2D eigenvalue weighted by Gasteiger charge is 2.29. The highest BCUT2D eigenvalue weighted by molar-refractivity contribution is 6.03. The quantitative estimate of drug-likeness (QED) is 0.572. The van der Waals surface area contributed by atoms with Crippen molar-refractivity contribution in [2.24, 2.45) is 5.92 Å². The Bertz CT molecular complexity index is 717. The van der Waals surface area contributed by atoms with E-state index in [-0.39, 0.29) is 0 Å². The van der Waals surface area contributed by atoms with Crippen molar-refractivity contribution < 1.29 is 0 Å². The highest BCUT2D eigenvalue weighted by atomic mass is 14.3. The summed E-state index contributed by atoms with van der Waals surface area (Å²) in [7, 11) is 0. The summed E-state index contributed by atoms with van der Waals surface area (Å²) >= 11 is 0. The van der Waals surface area contributed by atoms with Crippen LogP contribution in [0.1, 0.15) is 51.2 Å². The molecule has 0 aromatic heterocycles. The number of hydrogen-bond acceptors (Lipinski definition) is 0. The Morgan fingerprint density at radius 3 is 1.96 bits per heavy atom. The van der Waals surface area contributed by atoms with Crippen LogP contribution in [-0.2, 0) is 0 Å². The fraction of sp³-hybridized carbons (Fsp3) is 0.304. The number of rotatable bonds is 5. The van der Waals surface area contributed by atoms with Gasteiger partial charge in [-0.1, -0.05) is 86.5 Å². The van der Waals surface area contributed by atoms with Crippen LogP contribution in [0.4, 0.5) is 0 Å². The Labute approximate surface area is 140 Å². The second-order valence-corrected chi connectivity index (χ2v) is 6.51. The zero-order chi connectivity index (χ0) is 16.2. The lowest BCUT2D eigenvalue weighted by Crippen LogP contribution is -1.97. The van der Waals surface area contributed by atoms with Crippen molar-refractivity contribution in [2.75, 3.05) is 0 Å². The van der Waals surface area contributed by atoms with Crippen molar-refractivity contribution in [1.82, 2.24) is 0 Å². The minimum absolute atomic E-state index is 0.500. The summed E-state index contributed by atoms with van der Waals surface area (Å²) < 4.78 is 0. The van der Waals surface area contributed by atoms with Crippen LogP contribution in [0.2, 0.25) is 0 Å². The van der Waals surface area contributed by atoms with E-state index in [0.717, 1.165) is 0 Å². The molecule has 0 spiro atoms. The molecule has 0 N–H and O–H groups in total. The van der Waals surface area contributed by atoms with Gasteiger partial charge in [-0.2, -0.15) is 0 Å². The van der Waals surface area contributed by atoms with Gasteiger partial charge < -0.3 is 0 Å². The van der Waals surface area contributed by atoms with Crippen molar-refractivity contribution in [1.29, 1.82) is 0 Å². The molecule has 1 atom stereocenters. The molecule has 1 unspecified atom stereocenters. The van der Waals surface area contributed by atoms with Gasteiger partial charge in [0.2, 0.25) is 0 Å². The largest absolute Gasteiger partial charge is 0.0654 e. The topological polar surface area (TPSA) is 0 Å². The van der Waals surface area contributed by atoms with Crippen LogP contribution in [0, 0.1) is 5.92 Å². The monoisotopic (exact) mass is 302 g/mol. The average Bonchev–Trinajstić information content (AvgIpc) is 2.86. The number of unbranched alkanes of at least 4 members (excludes halogenated alkanes) is 1. The maximum absolute atomic E-state index is 2.36. The number of allylic oxidation sites excluding steroid dienone is 4. The lowest BCUT2D eigenvalue weighted by molar-refractivity contribution is 0.786. The molecule has 0 nitrogen and oxygen atoms in total. The summed E-state index contributed by atoms with van der Waals surface area (Å²) in [5, 5.41) is 0. The molecule has 1 aliphatic carbocycles. The van der Waals surface area contributed by atoms with Crippen LogP contribution in [-0.4, -0.2) is 0 Å². The minimum Gasteiger partial charge on any atom is -0.0654 e. The van der Waals surface area contributed by atoms with Gasteiger partial charge in [0, 0.05) is 5.92 Å². The van der Waals surface area contributed by atoms with Crippen LogP contribution < -0.4 is 0 Å². The zero-order valence-corrected chi connectivity index (χ0v) is 14.5. The summed E-state index contributed by atoms with van der Waals surface area (Å²) in [5.74, 6) is 0.500. The summed E-state index contributed by atoms with van der Waals surface area (Å²) in [5.41, 5.74) is 8.84. The lowest BCUT2D eigenvalue weighted by atomic mass is 9.89. The maximum atomic E-state index is 2.36. The third-order valence-electron chi connectivity index (χ3n) is 5.06. The third kappa shape index (κ3) is 3.03. The van der Waals surface area contributed by atoms with Gasteiger partial charge in [0.1, 0.15) is 0 Å². The normalized spacial score (nSPS) is 18.0. The van der Waals surface area contributed by atoms with Gasteiger partial charge in [0.15, 0.2) is 0 Å². The van der Waals surface area contributed by atoms with Crippen molar-refractivity contribution in [3.8, 4) is 0 Å². The first-order valence-electron chi connectivity index (χ1n) is 8.79. The number of hydrogen-bond donors (Lipinski definition) is 0. The molecule has 0 heterocycles. The molecule has 0 aliphatic heterocycles. The van der Waals surface area contributed by atoms with Gasteiger partial charge in [0.25, 0.3) is 0 Å². The predicted octanol–water partition coefficient (Wildman–Crippen LogP) is 6.75. The fourth-order valence-electron chi connectivity index (χ4n) is 3.68. The molecule has 118 valence electrons. The molecule has 1 aliphatic rings. The van der Waals surface area contributed by atoms with Crippen molar-refractivity contribution in [3.63, 3.8) is 0 Å². The molecule has 23 heavy (non-hydrogen) atoms. The van der Waals surface area contributed by atoms with Gasteiger partial charge >= 0.3 is 0 Å². The van der Waals surface area contributed by atoms with E-state index >= 15 is 0 Å². The third-order valence-corrected chi connectivity index (χ3v) is 5.06. The Kier molecular flexibility index (Phi) is 4.81. The van der Waals surface area contributed by atoms with Crippen LogP contribution >= 0.6 is 0 Å². The molecular formula is C23H26. The Morgan fingerprint density at radius 2 is 1.39 bits per heavy atom. The van der Waals surface area contributed by atoms with E-state index in [9.17, 15) is 0 Å². The van der Waals surface area contributed by atoms with E-state index in [1.165, 1.54) is 41.5 Å². The first-order chi connectivity index (χ1) is 11.2. The highest BCUT2D eigenvalue weighted by Crippen LogP contribution is 2.48. The van der Waals surface area contributed by atoms with Crippen molar-refractivity contribution >= 4 is 11.1 Å². The van der Waals surface area contributed by atoms with Gasteiger partial charge in [-0.3, -0.25) is 0 Å². The summed E-state index contributed by atoms with van der Waals surface area (Å²) in [6.45, 7) is 6.96. The fourth-order valence-corrected chi connectivity index (χ4v) is 3.68. The molecule has 0 bridgehead atoms. The minimum atomic E-state index is 0.500. The molecule has 0 saturated carbocycles. The van der Waals surface area contributed by atoms with E-state index in [1.807, 2.05) is 0 Å². The summed E-state index contributed by atoms with van der Waals surface area (Å²) in [4.78, 5) is 0. The summed E-state index contributed by atoms with van der Waals surface area (Å²) in [6.07, 6.45) is 3.69. The van der Waals surface area contributed by atoms with E-state index in [2.05, 4.69) is 81.4 Å². The standard InChI is InChI=1S/C23H26/c1-4-5-16-21-17(2)18(3)22(19-12-8-6-9-13-19)23(21)20-14-10-7-11-15-20/h6-15,18H,4-5,16H2,1-3H3. The van der Waals surface area contributed by atoms with Gasteiger partial charge in [-0.05, 0) is 47.6 Å². The van der Waals surface area contributed by atoms with Crippen molar-refractivity contribution in [3.05, 3.63) is 82.9 Å². The van der Waals surface area contributed by atoms with Crippen molar-refractivity contribution in [2.45, 2.75) is 40.0 Å². The molecule has 0 saturated heterocycles. The maximum Gasteiger partial charge on any atom is 0.00352 e. The first kappa shape index (κ1) is 15.8. The molecule has 0 radical (unpaired) electrons. The first-order valence-corrected chi connectivity index (χ1v) is 8.79. The Balaban J connectivity index is 2.18. The predicted molar refractivity (Wildman–Crippen MR) is 101 cm³/mol. The number of benzene rings is 2. The molecular weight excluding hydrogens is 276 g/mol. The second-order valence-electron chi connectivity index (χ2n) is 6.51. The summed E-state index contributed by atoms with van der Waals surface area (Å²) in [6, 6.07) is 21.8. The van der Waals surface area contributed by atoms with E-state index in [0.29, 0.717) is 5.92 Å². The molecule has 2 aromatic rings. The van der Waals surface area contributed by atoms with E-state index in [4.69, 9.17) is 0 Å². The molecule has 0 fully saturated rings. The molecule has 0 heteroatoms. The van der Waals surface area contributed by atoms with E-state index in [1.54, 1.807) is 11.1 Å². The second kappa shape index (κ2) is 7.00. The van der Waals surface area contributed by atoms with Crippen LogP contribution in [0.3, 0.4) is 0 Å². The zero-order valence-electron chi connectivity index (χ0n) is 14.5. The van der Waals surface area contributed by atoms with Gasteiger partial charge in [-0.15, -0.1) is 0 Å². The molecule has 2 aromatic carbocycles. The van der Waals surface area contributed by atoms with Gasteiger partial charge in [-0.25, -0.2) is 0 Å². The van der Waals surface area contributed by atoms with Gasteiger partial charge in [0.05, 0.1) is 0 Å². The van der Waals surface area contributed by atoms with E-state index < -0.39 is 0 Å². The van der Waals surface area contributed by atoms with Crippen LogP contribution in [0.15, 0.2) is 71.8 Å². The molecule has 3 rings (SSSR count). The average molecular weight is 302 g/mol. The SMILES string of the molecule is CCCCC1=C(C)C(C)C(c2ccccc2)=C1c1ccccc1. The smallest absolute Gasteiger partial charge is 0.00352 e.